The van der Waals surface area contributed by atoms with Gasteiger partial charge in [0.15, 0.2) is 0 Å². The zero-order chi connectivity index (χ0) is 14.3. The van der Waals surface area contributed by atoms with E-state index in [1.165, 1.54) is 0 Å². The van der Waals surface area contributed by atoms with Gasteiger partial charge < -0.3 is 25.6 Å². The van der Waals surface area contributed by atoms with Gasteiger partial charge in [0.2, 0.25) is 0 Å². The molecule has 7 nitrogen and oxygen atoms in total. The van der Waals surface area contributed by atoms with Crippen molar-refractivity contribution in [2.24, 2.45) is 5.92 Å². The third-order valence-electron chi connectivity index (χ3n) is 3.29. The number of rotatable bonds is 7. The third kappa shape index (κ3) is 5.04. The Morgan fingerprint density at radius 1 is 1.47 bits per heavy atom. The fraction of sp³-hybridized carbons (Fsp3) is 0.833. The molecule has 0 saturated carbocycles. The molecule has 0 radical (unpaired) electrons. The summed E-state index contributed by atoms with van der Waals surface area (Å²) in [5, 5.41) is 22.5. The number of carboxylic acid groups (broad SMARTS) is 1. The summed E-state index contributed by atoms with van der Waals surface area (Å²) in [4.78, 5) is 22.4. The van der Waals surface area contributed by atoms with Crippen molar-refractivity contribution in [3.8, 4) is 0 Å². The molecule has 1 aliphatic heterocycles. The molecule has 1 fully saturated rings. The number of aliphatic carboxylic acids is 1. The number of amides is 2. The summed E-state index contributed by atoms with van der Waals surface area (Å²) in [6.07, 6.45) is 1.95. The van der Waals surface area contributed by atoms with Gasteiger partial charge in [0, 0.05) is 32.1 Å². The highest BCUT2D eigenvalue weighted by Crippen LogP contribution is 2.22. The molecule has 7 heteroatoms. The van der Waals surface area contributed by atoms with Crippen molar-refractivity contribution < 1.29 is 24.5 Å². The van der Waals surface area contributed by atoms with Gasteiger partial charge >= 0.3 is 12.0 Å². The first-order chi connectivity index (χ1) is 9.08. The Morgan fingerprint density at radius 2 is 2.21 bits per heavy atom. The number of carbonyl (C=O) groups is 2. The second-order valence-corrected chi connectivity index (χ2v) is 4.62. The van der Waals surface area contributed by atoms with E-state index in [0.29, 0.717) is 13.2 Å². The van der Waals surface area contributed by atoms with Crippen LogP contribution >= 0.6 is 0 Å². The summed E-state index contributed by atoms with van der Waals surface area (Å²) in [7, 11) is 0. The molecule has 3 atom stereocenters. The molecule has 0 aromatic heterocycles. The molecule has 0 aromatic carbocycles. The molecule has 0 spiro atoms. The van der Waals surface area contributed by atoms with E-state index in [9.17, 15) is 9.59 Å². The van der Waals surface area contributed by atoms with Crippen molar-refractivity contribution in [2.45, 2.75) is 38.3 Å². The number of carbonyl (C=O) groups excluding carboxylic acids is 1. The van der Waals surface area contributed by atoms with Crippen molar-refractivity contribution in [2.75, 3.05) is 19.8 Å². The van der Waals surface area contributed by atoms with Gasteiger partial charge in [-0.1, -0.05) is 6.92 Å². The lowest BCUT2D eigenvalue weighted by atomic mass is 10.00. The Morgan fingerprint density at radius 3 is 2.79 bits per heavy atom. The first kappa shape index (κ1) is 15.7. The predicted octanol–water partition coefficient (Wildman–Crippen LogP) is -0.0637. The van der Waals surface area contributed by atoms with Crippen LogP contribution in [-0.4, -0.2) is 54.1 Å². The molecule has 2 unspecified atom stereocenters. The van der Waals surface area contributed by atoms with Gasteiger partial charge in [-0.25, -0.2) is 9.59 Å². The van der Waals surface area contributed by atoms with E-state index in [2.05, 4.69) is 10.6 Å². The minimum atomic E-state index is -1.15. The Labute approximate surface area is 112 Å². The van der Waals surface area contributed by atoms with Gasteiger partial charge in [0.1, 0.15) is 6.04 Å². The largest absolute Gasteiger partial charge is 0.480 e. The van der Waals surface area contributed by atoms with E-state index in [1.807, 2.05) is 6.92 Å². The summed E-state index contributed by atoms with van der Waals surface area (Å²) >= 11 is 0. The minimum Gasteiger partial charge on any atom is -0.480 e. The van der Waals surface area contributed by atoms with Gasteiger partial charge in [-0.15, -0.1) is 0 Å². The van der Waals surface area contributed by atoms with E-state index in [1.54, 1.807) is 0 Å². The summed E-state index contributed by atoms with van der Waals surface area (Å²) in [5.41, 5.74) is 0. The van der Waals surface area contributed by atoms with Crippen molar-refractivity contribution in [1.82, 2.24) is 10.6 Å². The van der Waals surface area contributed by atoms with E-state index >= 15 is 0 Å². The van der Waals surface area contributed by atoms with Crippen molar-refractivity contribution in [1.29, 1.82) is 0 Å². The molecule has 1 aliphatic rings. The lowest BCUT2D eigenvalue weighted by molar-refractivity contribution is -0.139. The highest BCUT2D eigenvalue weighted by Gasteiger charge is 2.27. The maximum Gasteiger partial charge on any atom is 0.326 e. The normalized spacial score (nSPS) is 23.9. The monoisotopic (exact) mass is 274 g/mol. The average molecular weight is 274 g/mol. The van der Waals surface area contributed by atoms with E-state index in [0.717, 1.165) is 12.8 Å². The fourth-order valence-electron chi connectivity index (χ4n) is 2.20. The van der Waals surface area contributed by atoms with Crippen LogP contribution in [0, 0.1) is 5.92 Å². The summed E-state index contributed by atoms with van der Waals surface area (Å²) in [6.45, 7) is 2.92. The van der Waals surface area contributed by atoms with Crippen LogP contribution in [0.2, 0.25) is 0 Å². The van der Waals surface area contributed by atoms with Crippen LogP contribution in [-0.2, 0) is 9.53 Å². The highest BCUT2D eigenvalue weighted by molar-refractivity contribution is 5.82. The molecule has 0 bridgehead atoms. The summed E-state index contributed by atoms with van der Waals surface area (Å²) in [5.74, 6) is -0.878. The van der Waals surface area contributed by atoms with E-state index in [-0.39, 0.29) is 25.0 Å². The molecular weight excluding hydrogens is 252 g/mol. The smallest absolute Gasteiger partial charge is 0.326 e. The lowest BCUT2D eigenvalue weighted by Crippen LogP contribution is -2.47. The minimum absolute atomic E-state index is 0.00707. The number of hydrogen-bond donors (Lipinski definition) is 4. The molecular formula is C12H22N2O5. The molecule has 2 amide bonds. The number of hydrogen-bond acceptors (Lipinski definition) is 4. The molecule has 1 saturated heterocycles. The zero-order valence-corrected chi connectivity index (χ0v) is 11.1. The number of aliphatic hydroxyl groups excluding tert-OH is 1. The van der Waals surface area contributed by atoms with Crippen molar-refractivity contribution in [3.05, 3.63) is 0 Å². The van der Waals surface area contributed by atoms with Crippen LogP contribution in [0.25, 0.3) is 0 Å². The highest BCUT2D eigenvalue weighted by atomic mass is 16.5. The van der Waals surface area contributed by atoms with Gasteiger partial charge in [0.25, 0.3) is 0 Å². The van der Waals surface area contributed by atoms with Gasteiger partial charge in [-0.05, 0) is 12.8 Å². The third-order valence-corrected chi connectivity index (χ3v) is 3.29. The Kier molecular flexibility index (Phi) is 6.58. The van der Waals surface area contributed by atoms with E-state index in [4.69, 9.17) is 14.9 Å². The van der Waals surface area contributed by atoms with Gasteiger partial charge in [0.05, 0.1) is 6.10 Å². The predicted molar refractivity (Wildman–Crippen MR) is 67.8 cm³/mol. The number of nitrogens with one attached hydrogen (secondary N) is 2. The van der Waals surface area contributed by atoms with Crippen LogP contribution in [0.1, 0.15) is 26.2 Å². The van der Waals surface area contributed by atoms with Crippen LogP contribution in [0.4, 0.5) is 4.79 Å². The average Bonchev–Trinajstić information content (AvgIpc) is 2.83. The quantitative estimate of drug-likeness (QED) is 0.520. The maximum atomic E-state index is 11.6. The fourth-order valence-corrected chi connectivity index (χ4v) is 2.20. The number of aliphatic hydroxyl groups is 1. The Balaban J connectivity index is 2.32. The number of urea groups is 1. The van der Waals surface area contributed by atoms with E-state index < -0.39 is 18.0 Å². The van der Waals surface area contributed by atoms with Crippen molar-refractivity contribution in [3.63, 3.8) is 0 Å². The topological polar surface area (TPSA) is 108 Å². The van der Waals surface area contributed by atoms with Crippen LogP contribution in [0.3, 0.4) is 0 Å². The zero-order valence-electron chi connectivity index (χ0n) is 11.1. The molecule has 4 N–H and O–H groups in total. The second kappa shape index (κ2) is 7.96. The van der Waals surface area contributed by atoms with Crippen LogP contribution in [0.5, 0.6) is 0 Å². The Bertz CT molecular complexity index is 310. The summed E-state index contributed by atoms with van der Waals surface area (Å²) < 4.78 is 5.51. The van der Waals surface area contributed by atoms with Gasteiger partial charge in [-0.2, -0.15) is 0 Å². The molecule has 1 heterocycles. The first-order valence-electron chi connectivity index (χ1n) is 6.58. The molecule has 0 aromatic rings. The Hall–Kier alpha value is -1.34. The number of ether oxygens (including phenoxy) is 1. The maximum absolute atomic E-state index is 11.6. The molecule has 110 valence electrons. The standard InChI is InChI=1S/C12H22N2O5/c1-2-10-8(4-6-19-10)7-13-12(18)14-9(3-5-15)11(16)17/h8-10,15H,2-7H2,1H3,(H,16,17)(H2,13,14,18)/t8?,9-,10?/m1/s1. The SMILES string of the molecule is CCC1OCCC1CNC(=O)N[C@H](CCO)C(=O)O. The second-order valence-electron chi connectivity index (χ2n) is 4.62. The molecule has 0 aliphatic carbocycles. The van der Waals surface area contributed by atoms with Crippen molar-refractivity contribution >= 4 is 12.0 Å². The lowest BCUT2D eigenvalue weighted by Gasteiger charge is -2.19. The van der Waals surface area contributed by atoms with Crippen LogP contribution in [0.15, 0.2) is 0 Å². The van der Waals surface area contributed by atoms with Gasteiger partial charge in [-0.3, -0.25) is 0 Å². The molecule has 19 heavy (non-hydrogen) atoms. The number of carboxylic acids is 1. The summed E-state index contributed by atoms with van der Waals surface area (Å²) in [6, 6.07) is -1.59. The molecule has 1 rings (SSSR count). The first-order valence-corrected chi connectivity index (χ1v) is 6.58. The van der Waals surface area contributed by atoms with Crippen LogP contribution < -0.4 is 10.6 Å².